The molecule has 108 valence electrons. The maximum atomic E-state index is 12.9. The van der Waals surface area contributed by atoms with Crippen LogP contribution in [-0.4, -0.2) is 13.1 Å². The van der Waals surface area contributed by atoms with Crippen LogP contribution < -0.4 is 4.90 Å². The first-order valence-electron chi connectivity index (χ1n) is 6.82. The molecule has 1 aliphatic rings. The third-order valence-electron chi connectivity index (χ3n) is 3.99. The molecule has 1 aromatic rings. The second-order valence-corrected chi connectivity index (χ2v) is 5.18. The second-order valence-electron chi connectivity index (χ2n) is 5.18. The minimum atomic E-state index is -4.48. The average Bonchev–Trinajstić information content (AvgIpc) is 2.46. The standard InChI is InChI=1S/C15H17F3N2/c1-2-11-5-7-20(8-6-11)13-4-3-12(10-19)14(9-13)15(16,17)18/h3-4,9,11H,2,5-8H2,1H3. The maximum Gasteiger partial charge on any atom is 0.417 e. The van der Waals surface area contributed by atoms with Crippen molar-refractivity contribution in [1.82, 2.24) is 0 Å². The van der Waals surface area contributed by atoms with Crippen LogP contribution in [0, 0.1) is 17.2 Å². The number of nitrogens with zero attached hydrogens (tertiary/aromatic N) is 2. The minimum Gasteiger partial charge on any atom is -0.372 e. The topological polar surface area (TPSA) is 27.0 Å². The SMILES string of the molecule is CCC1CCN(c2ccc(C#N)c(C(F)(F)F)c2)CC1. The molecular formula is C15H17F3N2. The van der Waals surface area contributed by atoms with E-state index in [0.29, 0.717) is 11.6 Å². The van der Waals surface area contributed by atoms with Gasteiger partial charge in [0.05, 0.1) is 17.2 Å². The second kappa shape index (κ2) is 5.74. The van der Waals surface area contributed by atoms with Crippen LogP contribution in [0.2, 0.25) is 0 Å². The largest absolute Gasteiger partial charge is 0.417 e. The smallest absolute Gasteiger partial charge is 0.372 e. The molecule has 0 radical (unpaired) electrons. The summed E-state index contributed by atoms with van der Waals surface area (Å²) in [6, 6.07) is 5.59. The zero-order valence-electron chi connectivity index (χ0n) is 11.4. The first kappa shape index (κ1) is 14.7. The van der Waals surface area contributed by atoms with Crippen molar-refractivity contribution >= 4 is 5.69 Å². The van der Waals surface area contributed by atoms with Gasteiger partial charge in [-0.05, 0) is 37.0 Å². The van der Waals surface area contributed by atoms with Gasteiger partial charge in [0.1, 0.15) is 0 Å². The number of anilines is 1. The van der Waals surface area contributed by atoms with Crippen molar-refractivity contribution in [2.24, 2.45) is 5.92 Å². The third-order valence-corrected chi connectivity index (χ3v) is 3.99. The van der Waals surface area contributed by atoms with Crippen LogP contribution in [-0.2, 0) is 6.18 Å². The Morgan fingerprint density at radius 3 is 2.45 bits per heavy atom. The van der Waals surface area contributed by atoms with Gasteiger partial charge in [0.2, 0.25) is 0 Å². The molecule has 2 nitrogen and oxygen atoms in total. The summed E-state index contributed by atoms with van der Waals surface area (Å²) in [6.45, 7) is 3.70. The van der Waals surface area contributed by atoms with Gasteiger partial charge in [0, 0.05) is 18.8 Å². The van der Waals surface area contributed by atoms with E-state index in [1.54, 1.807) is 12.1 Å². The van der Waals surface area contributed by atoms with Gasteiger partial charge in [-0.15, -0.1) is 0 Å². The first-order valence-corrected chi connectivity index (χ1v) is 6.82. The van der Waals surface area contributed by atoms with Gasteiger partial charge in [-0.25, -0.2) is 0 Å². The van der Waals surface area contributed by atoms with Crippen molar-refractivity contribution in [2.45, 2.75) is 32.4 Å². The van der Waals surface area contributed by atoms with E-state index in [9.17, 15) is 13.2 Å². The van der Waals surface area contributed by atoms with Crippen molar-refractivity contribution in [3.8, 4) is 6.07 Å². The zero-order chi connectivity index (χ0) is 14.8. The summed E-state index contributed by atoms with van der Waals surface area (Å²) >= 11 is 0. The number of piperidine rings is 1. The Balaban J connectivity index is 2.24. The van der Waals surface area contributed by atoms with E-state index in [-0.39, 0.29) is 5.56 Å². The van der Waals surface area contributed by atoms with E-state index in [1.807, 2.05) is 4.90 Å². The fourth-order valence-corrected chi connectivity index (χ4v) is 2.66. The highest BCUT2D eigenvalue weighted by molar-refractivity contribution is 5.55. The van der Waals surface area contributed by atoms with Crippen molar-refractivity contribution in [3.05, 3.63) is 29.3 Å². The summed E-state index contributed by atoms with van der Waals surface area (Å²) in [4.78, 5) is 1.97. The molecule has 0 aliphatic carbocycles. The number of alkyl halides is 3. The summed E-state index contributed by atoms with van der Waals surface area (Å²) in [6.07, 6.45) is -1.34. The number of benzene rings is 1. The molecule has 1 fully saturated rings. The average molecular weight is 282 g/mol. The van der Waals surface area contributed by atoms with Crippen LogP contribution >= 0.6 is 0 Å². The molecule has 0 amide bonds. The highest BCUT2D eigenvalue weighted by Gasteiger charge is 2.34. The number of hydrogen-bond donors (Lipinski definition) is 0. The third kappa shape index (κ3) is 3.06. The normalized spacial score (nSPS) is 17.1. The predicted molar refractivity (Wildman–Crippen MR) is 71.4 cm³/mol. The van der Waals surface area contributed by atoms with Crippen molar-refractivity contribution < 1.29 is 13.2 Å². The minimum absolute atomic E-state index is 0.315. The van der Waals surface area contributed by atoms with Crippen LogP contribution in [0.15, 0.2) is 18.2 Å². The van der Waals surface area contributed by atoms with Crippen molar-refractivity contribution in [2.75, 3.05) is 18.0 Å². The zero-order valence-corrected chi connectivity index (χ0v) is 11.4. The number of hydrogen-bond acceptors (Lipinski definition) is 2. The monoisotopic (exact) mass is 282 g/mol. The van der Waals surface area contributed by atoms with E-state index < -0.39 is 11.7 Å². The van der Waals surface area contributed by atoms with Gasteiger partial charge in [0.15, 0.2) is 0 Å². The molecule has 1 aliphatic heterocycles. The predicted octanol–water partition coefficient (Wildman–Crippen LogP) is 4.20. The summed E-state index contributed by atoms with van der Waals surface area (Å²) in [5, 5.41) is 8.79. The molecule has 0 spiro atoms. The number of halogens is 3. The molecule has 1 aromatic carbocycles. The Morgan fingerprint density at radius 1 is 1.30 bits per heavy atom. The molecule has 0 aromatic heterocycles. The van der Waals surface area contributed by atoms with Crippen LogP contribution in [0.3, 0.4) is 0 Å². The number of rotatable bonds is 2. The quantitative estimate of drug-likeness (QED) is 0.812. The lowest BCUT2D eigenvalue weighted by Gasteiger charge is -2.33. The molecule has 2 rings (SSSR count). The van der Waals surface area contributed by atoms with Crippen LogP contribution in [0.5, 0.6) is 0 Å². The highest BCUT2D eigenvalue weighted by Crippen LogP contribution is 2.35. The van der Waals surface area contributed by atoms with Crippen molar-refractivity contribution in [1.29, 1.82) is 5.26 Å². The molecule has 0 unspecified atom stereocenters. The van der Waals surface area contributed by atoms with Crippen LogP contribution in [0.1, 0.15) is 37.3 Å². The highest BCUT2D eigenvalue weighted by atomic mass is 19.4. The lowest BCUT2D eigenvalue weighted by Crippen LogP contribution is -2.33. The van der Waals surface area contributed by atoms with E-state index in [4.69, 9.17) is 5.26 Å². The molecular weight excluding hydrogens is 265 g/mol. The Bertz CT molecular complexity index is 509. The van der Waals surface area contributed by atoms with Crippen LogP contribution in [0.4, 0.5) is 18.9 Å². The molecule has 0 bridgehead atoms. The Morgan fingerprint density at radius 2 is 1.95 bits per heavy atom. The molecule has 1 heterocycles. The fourth-order valence-electron chi connectivity index (χ4n) is 2.66. The molecule has 0 atom stereocenters. The summed E-state index contributed by atoms with van der Waals surface area (Å²) in [7, 11) is 0. The Kier molecular flexibility index (Phi) is 4.22. The summed E-state index contributed by atoms with van der Waals surface area (Å²) in [5.74, 6) is 0.673. The van der Waals surface area contributed by atoms with Gasteiger partial charge in [-0.3, -0.25) is 0 Å². The molecule has 0 N–H and O–H groups in total. The van der Waals surface area contributed by atoms with E-state index in [2.05, 4.69) is 6.92 Å². The molecule has 1 saturated heterocycles. The number of nitriles is 1. The maximum absolute atomic E-state index is 12.9. The fraction of sp³-hybridized carbons (Fsp3) is 0.533. The van der Waals surface area contributed by atoms with Gasteiger partial charge in [-0.1, -0.05) is 13.3 Å². The van der Waals surface area contributed by atoms with Gasteiger partial charge < -0.3 is 4.90 Å². The van der Waals surface area contributed by atoms with Gasteiger partial charge in [0.25, 0.3) is 0 Å². The molecule has 5 heteroatoms. The van der Waals surface area contributed by atoms with Gasteiger partial charge >= 0.3 is 6.18 Å². The van der Waals surface area contributed by atoms with Crippen molar-refractivity contribution in [3.63, 3.8) is 0 Å². The van der Waals surface area contributed by atoms with Gasteiger partial charge in [-0.2, -0.15) is 18.4 Å². The summed E-state index contributed by atoms with van der Waals surface area (Å²) in [5.41, 5.74) is -0.592. The van der Waals surface area contributed by atoms with Crippen LogP contribution in [0.25, 0.3) is 0 Å². The Hall–Kier alpha value is -1.70. The van der Waals surface area contributed by atoms with E-state index in [1.165, 1.54) is 6.07 Å². The molecule has 20 heavy (non-hydrogen) atoms. The van der Waals surface area contributed by atoms with E-state index >= 15 is 0 Å². The van der Waals surface area contributed by atoms with E-state index in [0.717, 1.165) is 38.4 Å². The lowest BCUT2D eigenvalue weighted by atomic mass is 9.94. The summed E-state index contributed by atoms with van der Waals surface area (Å²) < 4.78 is 38.8. The first-order chi connectivity index (χ1) is 9.45. The Labute approximate surface area is 116 Å². The lowest BCUT2D eigenvalue weighted by molar-refractivity contribution is -0.137. The molecule has 0 saturated carbocycles.